The van der Waals surface area contributed by atoms with Gasteiger partial charge in [-0.05, 0) is 26.2 Å². The number of carbonyl (C=O) groups excluding carboxylic acids is 1. The fourth-order valence-corrected chi connectivity index (χ4v) is 2.18. The Bertz CT molecular complexity index is 685. The number of nitrogens with one attached hydrogen (secondary N) is 1. The molecule has 0 unspecified atom stereocenters. The van der Waals surface area contributed by atoms with Crippen LogP contribution < -0.4 is 5.56 Å². The molecule has 18 heavy (non-hydrogen) atoms. The van der Waals surface area contributed by atoms with Crippen molar-refractivity contribution in [2.75, 3.05) is 6.61 Å². The van der Waals surface area contributed by atoms with Gasteiger partial charge in [-0.15, -0.1) is 0 Å². The number of H-pyrrole nitrogens is 1. The number of aromatic amines is 1. The van der Waals surface area contributed by atoms with Crippen molar-refractivity contribution in [3.05, 3.63) is 27.4 Å². The van der Waals surface area contributed by atoms with E-state index in [1.165, 1.54) is 4.52 Å². The molecular formula is C11H12N4O3. The number of fused-ring (bicyclic) bond motifs is 2. The smallest absolute Gasteiger partial charge is 0.375 e. The van der Waals surface area contributed by atoms with Crippen LogP contribution in [-0.2, 0) is 17.6 Å². The summed E-state index contributed by atoms with van der Waals surface area (Å²) < 4.78 is 6.03. The summed E-state index contributed by atoms with van der Waals surface area (Å²) in [4.78, 5) is 31.9. The lowest BCUT2D eigenvalue weighted by molar-refractivity contribution is 0.0512. The van der Waals surface area contributed by atoms with Crippen molar-refractivity contribution < 1.29 is 9.53 Å². The first-order chi connectivity index (χ1) is 8.70. The SMILES string of the molecule is CCOC(=O)c1nc2nc3c(c(=O)n2[nH]1)CCC3. The molecule has 0 fully saturated rings. The molecule has 7 nitrogen and oxygen atoms in total. The zero-order valence-corrected chi connectivity index (χ0v) is 9.89. The Kier molecular flexibility index (Phi) is 2.39. The van der Waals surface area contributed by atoms with Crippen LogP contribution in [0.5, 0.6) is 0 Å². The van der Waals surface area contributed by atoms with Gasteiger partial charge in [0.2, 0.25) is 5.82 Å². The summed E-state index contributed by atoms with van der Waals surface area (Å²) in [5.41, 5.74) is 1.34. The zero-order valence-electron chi connectivity index (χ0n) is 9.89. The van der Waals surface area contributed by atoms with E-state index in [1.807, 2.05) is 0 Å². The molecule has 0 aromatic carbocycles. The quantitative estimate of drug-likeness (QED) is 0.760. The predicted octanol–water partition coefficient (Wildman–Crippen LogP) is 0.0830. The van der Waals surface area contributed by atoms with E-state index >= 15 is 0 Å². The lowest BCUT2D eigenvalue weighted by Crippen LogP contribution is -2.20. The number of ether oxygens (including phenoxy) is 1. The maximum Gasteiger partial charge on any atom is 0.375 e. The lowest BCUT2D eigenvalue weighted by Gasteiger charge is -1.97. The second-order valence-electron chi connectivity index (χ2n) is 4.12. The van der Waals surface area contributed by atoms with Crippen molar-refractivity contribution in [2.24, 2.45) is 0 Å². The third-order valence-corrected chi connectivity index (χ3v) is 2.98. The van der Waals surface area contributed by atoms with Gasteiger partial charge in [0.25, 0.3) is 11.3 Å². The molecule has 0 saturated heterocycles. The third kappa shape index (κ3) is 1.51. The normalized spacial score (nSPS) is 13.8. The van der Waals surface area contributed by atoms with Crippen LogP contribution in [0.15, 0.2) is 4.79 Å². The van der Waals surface area contributed by atoms with Crippen LogP contribution in [0.3, 0.4) is 0 Å². The molecule has 3 rings (SSSR count). The van der Waals surface area contributed by atoms with E-state index in [-0.39, 0.29) is 23.8 Å². The fraction of sp³-hybridized carbons (Fsp3) is 0.455. The molecule has 0 amide bonds. The van der Waals surface area contributed by atoms with E-state index in [0.717, 1.165) is 25.0 Å². The molecule has 2 heterocycles. The van der Waals surface area contributed by atoms with E-state index in [1.54, 1.807) is 6.92 Å². The van der Waals surface area contributed by atoms with Gasteiger partial charge in [0.1, 0.15) is 0 Å². The Morgan fingerprint density at radius 3 is 3.06 bits per heavy atom. The molecule has 2 aromatic rings. The number of aryl methyl sites for hydroxylation is 1. The Labute approximate surface area is 102 Å². The zero-order chi connectivity index (χ0) is 12.7. The van der Waals surface area contributed by atoms with Gasteiger partial charge in [0.05, 0.1) is 12.3 Å². The minimum atomic E-state index is -0.581. The fourth-order valence-electron chi connectivity index (χ4n) is 2.18. The minimum absolute atomic E-state index is 0.00474. The molecule has 1 aliphatic carbocycles. The summed E-state index contributed by atoms with van der Waals surface area (Å²) in [6.07, 6.45) is 2.47. The molecule has 1 N–H and O–H groups in total. The first kappa shape index (κ1) is 10.9. The molecule has 0 bridgehead atoms. The number of hydrogen-bond acceptors (Lipinski definition) is 5. The number of carbonyl (C=O) groups is 1. The first-order valence-electron chi connectivity index (χ1n) is 5.88. The summed E-state index contributed by atoms with van der Waals surface area (Å²) in [6.45, 7) is 1.97. The number of aromatic nitrogens is 4. The molecule has 0 aliphatic heterocycles. The van der Waals surface area contributed by atoms with Gasteiger partial charge in [-0.2, -0.15) is 9.50 Å². The predicted molar refractivity (Wildman–Crippen MR) is 61.6 cm³/mol. The van der Waals surface area contributed by atoms with E-state index in [2.05, 4.69) is 15.1 Å². The molecule has 1 aliphatic rings. The number of nitrogens with zero attached hydrogens (tertiary/aromatic N) is 3. The second kappa shape index (κ2) is 3.94. The van der Waals surface area contributed by atoms with Crippen molar-refractivity contribution in [3.8, 4) is 0 Å². The maximum absolute atomic E-state index is 12.1. The summed E-state index contributed by atoms with van der Waals surface area (Å²) in [6, 6.07) is 0. The van der Waals surface area contributed by atoms with E-state index in [0.29, 0.717) is 5.56 Å². The highest BCUT2D eigenvalue weighted by Gasteiger charge is 2.21. The van der Waals surface area contributed by atoms with Crippen molar-refractivity contribution in [1.29, 1.82) is 0 Å². The van der Waals surface area contributed by atoms with E-state index < -0.39 is 5.97 Å². The molecule has 0 spiro atoms. The number of esters is 1. The highest BCUT2D eigenvalue weighted by Crippen LogP contribution is 2.16. The largest absolute Gasteiger partial charge is 0.460 e. The van der Waals surface area contributed by atoms with Crippen LogP contribution >= 0.6 is 0 Å². The molecule has 94 valence electrons. The van der Waals surface area contributed by atoms with Crippen LogP contribution in [0.25, 0.3) is 5.78 Å². The van der Waals surface area contributed by atoms with Gasteiger partial charge in [-0.3, -0.25) is 9.89 Å². The molecule has 0 atom stereocenters. The van der Waals surface area contributed by atoms with Crippen molar-refractivity contribution in [1.82, 2.24) is 19.6 Å². The van der Waals surface area contributed by atoms with Crippen LogP contribution in [0.2, 0.25) is 0 Å². The summed E-state index contributed by atoms with van der Waals surface area (Å²) in [5.74, 6) is -0.351. The standard InChI is InChI=1S/C11H12N4O3/c1-2-18-10(17)8-13-11-12-7-5-3-4-6(7)9(16)15(11)14-8/h2-5H2,1H3,(H,12,13,14). The average Bonchev–Trinajstić information content (AvgIpc) is 2.95. The topological polar surface area (TPSA) is 89.3 Å². The van der Waals surface area contributed by atoms with Gasteiger partial charge >= 0.3 is 5.97 Å². The number of hydrogen-bond donors (Lipinski definition) is 1. The monoisotopic (exact) mass is 248 g/mol. The lowest BCUT2D eigenvalue weighted by atomic mass is 10.3. The Morgan fingerprint density at radius 1 is 1.44 bits per heavy atom. The summed E-state index contributed by atoms with van der Waals surface area (Å²) >= 11 is 0. The van der Waals surface area contributed by atoms with Crippen LogP contribution in [-0.4, -0.2) is 32.2 Å². The summed E-state index contributed by atoms with van der Waals surface area (Å²) in [7, 11) is 0. The Hall–Kier alpha value is -2.18. The van der Waals surface area contributed by atoms with Gasteiger partial charge in [0.15, 0.2) is 0 Å². The van der Waals surface area contributed by atoms with Gasteiger partial charge in [0, 0.05) is 5.56 Å². The first-order valence-corrected chi connectivity index (χ1v) is 5.88. The third-order valence-electron chi connectivity index (χ3n) is 2.98. The minimum Gasteiger partial charge on any atom is -0.460 e. The van der Waals surface area contributed by atoms with E-state index in [4.69, 9.17) is 4.74 Å². The molecule has 0 radical (unpaired) electrons. The Balaban J connectivity index is 2.16. The van der Waals surface area contributed by atoms with Gasteiger partial charge in [-0.25, -0.2) is 9.78 Å². The molecule has 0 saturated carbocycles. The highest BCUT2D eigenvalue weighted by atomic mass is 16.5. The average molecular weight is 248 g/mol. The highest BCUT2D eigenvalue weighted by molar-refractivity contribution is 5.85. The van der Waals surface area contributed by atoms with Crippen molar-refractivity contribution >= 4 is 11.7 Å². The number of rotatable bonds is 2. The van der Waals surface area contributed by atoms with Crippen LogP contribution in [0.4, 0.5) is 0 Å². The van der Waals surface area contributed by atoms with Crippen LogP contribution in [0.1, 0.15) is 35.2 Å². The van der Waals surface area contributed by atoms with E-state index in [9.17, 15) is 9.59 Å². The van der Waals surface area contributed by atoms with Crippen molar-refractivity contribution in [3.63, 3.8) is 0 Å². The maximum atomic E-state index is 12.1. The van der Waals surface area contributed by atoms with Crippen LogP contribution in [0, 0.1) is 0 Å². The van der Waals surface area contributed by atoms with Gasteiger partial charge in [-0.1, -0.05) is 0 Å². The second-order valence-corrected chi connectivity index (χ2v) is 4.12. The van der Waals surface area contributed by atoms with Crippen molar-refractivity contribution in [2.45, 2.75) is 26.2 Å². The Morgan fingerprint density at radius 2 is 2.28 bits per heavy atom. The molecule has 7 heteroatoms. The molecule has 2 aromatic heterocycles. The molecular weight excluding hydrogens is 236 g/mol. The van der Waals surface area contributed by atoms with Gasteiger partial charge < -0.3 is 4.74 Å². The summed E-state index contributed by atoms with van der Waals surface area (Å²) in [5, 5.41) is 2.63.